The Morgan fingerprint density at radius 3 is 2.34 bits per heavy atom. The molecule has 196 valence electrons. The smallest absolute Gasteiger partial charge is 0.413 e. The summed E-state index contributed by atoms with van der Waals surface area (Å²) in [6.45, 7) is 12.6. The van der Waals surface area contributed by atoms with Crippen LogP contribution in [-0.4, -0.2) is 27.8 Å². The lowest BCUT2D eigenvalue weighted by Gasteiger charge is -2.20. The summed E-state index contributed by atoms with van der Waals surface area (Å²) in [6, 6.07) is 19.2. The van der Waals surface area contributed by atoms with Gasteiger partial charge in [-0.05, 0) is 70.5 Å². The fraction of sp³-hybridized carbons (Fsp3) is 0.250. The molecule has 3 rings (SSSR count). The van der Waals surface area contributed by atoms with Crippen molar-refractivity contribution in [1.29, 1.82) is 5.26 Å². The number of hydrogen-bond acceptors (Lipinski definition) is 8. The number of nitrogens with zero attached hydrogens (tertiary/aromatic N) is 3. The Morgan fingerprint density at radius 2 is 1.68 bits per heavy atom. The molecule has 3 aromatic rings. The van der Waals surface area contributed by atoms with E-state index in [0.29, 0.717) is 22.8 Å². The fourth-order valence-corrected chi connectivity index (χ4v) is 3.13. The van der Waals surface area contributed by atoms with Crippen molar-refractivity contribution in [2.24, 2.45) is 0 Å². The first-order valence-electron chi connectivity index (χ1n) is 11.8. The van der Waals surface area contributed by atoms with Crippen LogP contribution in [-0.2, 0) is 10.2 Å². The van der Waals surface area contributed by atoms with Gasteiger partial charge in [0.1, 0.15) is 17.2 Å². The third-order valence-corrected chi connectivity index (χ3v) is 5.01. The summed E-state index contributed by atoms with van der Waals surface area (Å²) in [5.74, 6) is 0.853. The van der Waals surface area contributed by atoms with Crippen molar-refractivity contribution in [3.63, 3.8) is 0 Å². The molecule has 0 aliphatic rings. The number of nitrogens with one attached hydrogen (secondary N) is 3. The van der Waals surface area contributed by atoms with Gasteiger partial charge in [-0.3, -0.25) is 10.1 Å². The first kappa shape index (κ1) is 27.7. The zero-order chi connectivity index (χ0) is 27.9. The highest BCUT2D eigenvalue weighted by atomic mass is 16.6. The van der Waals surface area contributed by atoms with E-state index < -0.39 is 17.1 Å². The minimum atomic E-state index is -0.710. The Kier molecular flexibility index (Phi) is 8.33. The number of rotatable bonds is 8. The molecule has 10 nitrogen and oxygen atoms in total. The molecule has 2 amide bonds. The number of ether oxygens (including phenoxy) is 2. The number of anilines is 2. The normalized spacial score (nSPS) is 11.1. The lowest BCUT2D eigenvalue weighted by Crippen LogP contribution is -2.33. The number of carbonyl (C=O) groups is 2. The maximum Gasteiger partial charge on any atom is 0.413 e. The Labute approximate surface area is 221 Å². The van der Waals surface area contributed by atoms with Crippen molar-refractivity contribution < 1.29 is 19.1 Å². The van der Waals surface area contributed by atoms with Crippen molar-refractivity contribution in [3.05, 3.63) is 84.2 Å². The molecule has 0 spiro atoms. The summed E-state index contributed by atoms with van der Waals surface area (Å²) in [4.78, 5) is 24.6. The third-order valence-electron chi connectivity index (χ3n) is 5.01. The van der Waals surface area contributed by atoms with Crippen LogP contribution in [0.25, 0.3) is 0 Å². The Morgan fingerprint density at radius 1 is 0.947 bits per heavy atom. The van der Waals surface area contributed by atoms with E-state index in [1.54, 1.807) is 89.2 Å². The number of alkyl carbamates (subject to hydrolysis) is 1. The van der Waals surface area contributed by atoms with Gasteiger partial charge in [-0.1, -0.05) is 24.8 Å². The number of hydrogen-bond donors (Lipinski definition) is 3. The lowest BCUT2D eigenvalue weighted by atomic mass is 9.85. The van der Waals surface area contributed by atoms with Gasteiger partial charge in [0, 0.05) is 23.4 Å². The van der Waals surface area contributed by atoms with E-state index in [9.17, 15) is 14.9 Å². The lowest BCUT2D eigenvalue weighted by molar-refractivity contribution is 0.0547. The first-order chi connectivity index (χ1) is 17.8. The van der Waals surface area contributed by atoms with Gasteiger partial charge in [0.2, 0.25) is 5.88 Å². The van der Waals surface area contributed by atoms with Crippen LogP contribution in [0.15, 0.2) is 73.1 Å². The van der Waals surface area contributed by atoms with Gasteiger partial charge in [-0.25, -0.2) is 4.79 Å². The van der Waals surface area contributed by atoms with Crippen molar-refractivity contribution in [3.8, 4) is 17.7 Å². The number of benzene rings is 2. The molecule has 0 aliphatic heterocycles. The van der Waals surface area contributed by atoms with E-state index in [-0.39, 0.29) is 17.6 Å². The first-order valence-corrected chi connectivity index (χ1v) is 11.8. The quantitative estimate of drug-likeness (QED) is 0.346. The van der Waals surface area contributed by atoms with Crippen LogP contribution in [0.2, 0.25) is 0 Å². The van der Waals surface area contributed by atoms with E-state index in [0.717, 1.165) is 5.56 Å². The van der Waals surface area contributed by atoms with Gasteiger partial charge in [-0.2, -0.15) is 5.26 Å². The molecule has 0 saturated heterocycles. The van der Waals surface area contributed by atoms with Crippen LogP contribution in [0, 0.1) is 11.3 Å². The van der Waals surface area contributed by atoms with Gasteiger partial charge in [0.15, 0.2) is 5.82 Å². The molecule has 10 heteroatoms. The highest BCUT2D eigenvalue weighted by Gasteiger charge is 2.21. The monoisotopic (exact) mass is 514 g/mol. The summed E-state index contributed by atoms with van der Waals surface area (Å²) >= 11 is 0. The summed E-state index contributed by atoms with van der Waals surface area (Å²) in [7, 11) is 0. The number of amides is 2. The largest absolute Gasteiger partial charge is 0.444 e. The average Bonchev–Trinajstić information content (AvgIpc) is 2.84. The fourth-order valence-electron chi connectivity index (χ4n) is 3.13. The Balaban J connectivity index is 1.60. The maximum absolute atomic E-state index is 12.8. The van der Waals surface area contributed by atoms with Crippen LogP contribution in [0.1, 0.15) is 50.5 Å². The zero-order valence-electron chi connectivity index (χ0n) is 22.0. The molecule has 0 fully saturated rings. The molecule has 0 radical (unpaired) electrons. The van der Waals surface area contributed by atoms with Gasteiger partial charge in [0.05, 0.1) is 11.5 Å². The summed E-state index contributed by atoms with van der Waals surface area (Å²) in [5.41, 5.74) is 0.370. The van der Waals surface area contributed by atoms with Crippen LogP contribution in [0.5, 0.6) is 11.6 Å². The van der Waals surface area contributed by atoms with Crippen molar-refractivity contribution in [2.45, 2.75) is 45.6 Å². The molecule has 0 atom stereocenters. The second kappa shape index (κ2) is 11.4. The molecule has 1 heterocycles. The predicted octanol–water partition coefficient (Wildman–Crippen LogP) is 5.73. The number of carbonyl (C=O) groups excluding carboxylic acids is 2. The maximum atomic E-state index is 12.8. The van der Waals surface area contributed by atoms with Gasteiger partial charge >= 0.3 is 6.09 Å². The topological polar surface area (TPSA) is 138 Å². The van der Waals surface area contributed by atoms with Crippen molar-refractivity contribution in [2.75, 3.05) is 10.6 Å². The second-order valence-electron chi connectivity index (χ2n) is 9.89. The van der Waals surface area contributed by atoms with Crippen LogP contribution < -0.4 is 20.7 Å². The third kappa shape index (κ3) is 8.06. The van der Waals surface area contributed by atoms with Crippen molar-refractivity contribution in [1.82, 2.24) is 15.5 Å². The molecule has 0 bridgehead atoms. The number of aromatic nitrogens is 2. The zero-order valence-corrected chi connectivity index (χ0v) is 22.0. The highest BCUT2D eigenvalue weighted by molar-refractivity contribution is 6.04. The number of nitriles is 1. The summed E-state index contributed by atoms with van der Waals surface area (Å²) < 4.78 is 10.9. The van der Waals surface area contributed by atoms with Crippen LogP contribution >= 0.6 is 0 Å². The van der Waals surface area contributed by atoms with Gasteiger partial charge < -0.3 is 20.1 Å². The van der Waals surface area contributed by atoms with Gasteiger partial charge in [-0.15, -0.1) is 10.2 Å². The van der Waals surface area contributed by atoms with E-state index in [1.807, 2.05) is 6.07 Å². The minimum absolute atomic E-state index is 0.174. The Hall–Kier alpha value is -4.91. The van der Waals surface area contributed by atoms with E-state index in [4.69, 9.17) is 9.47 Å². The van der Waals surface area contributed by atoms with E-state index >= 15 is 0 Å². The minimum Gasteiger partial charge on any atom is -0.444 e. The molecule has 1 aromatic heterocycles. The molecule has 38 heavy (non-hydrogen) atoms. The van der Waals surface area contributed by atoms with Gasteiger partial charge in [0.25, 0.3) is 5.91 Å². The van der Waals surface area contributed by atoms with E-state index in [1.165, 1.54) is 0 Å². The molecule has 2 aromatic carbocycles. The summed E-state index contributed by atoms with van der Waals surface area (Å²) in [6.07, 6.45) is -0.645. The SMILES string of the molecule is C=C(NC(=O)OC(C)(C)C)Nc1ccc(Oc2cccc(NC(=O)c3cccc(C(C)(C)C#N)c3)c2)nn1. The standard InChI is InChI=1S/C28H30N6O4/c1-18(31-26(36)38-27(2,3)4)30-23-13-14-24(34-33-23)37-22-12-8-11-21(16-22)32-25(35)19-9-7-10-20(15-19)28(5,6)17-29/h7-16H,1H2,2-6H3,(H,30,33)(H,31,36)(H,32,35). The van der Waals surface area contributed by atoms with Crippen LogP contribution in [0.3, 0.4) is 0 Å². The predicted molar refractivity (Wildman–Crippen MR) is 144 cm³/mol. The molecule has 0 unspecified atom stereocenters. The average molecular weight is 515 g/mol. The molecular weight excluding hydrogens is 484 g/mol. The second-order valence-corrected chi connectivity index (χ2v) is 9.89. The molecule has 0 saturated carbocycles. The summed E-state index contributed by atoms with van der Waals surface area (Å²) in [5, 5.41) is 25.5. The van der Waals surface area contributed by atoms with Crippen LogP contribution in [0.4, 0.5) is 16.3 Å². The highest BCUT2D eigenvalue weighted by Crippen LogP contribution is 2.25. The molecule has 0 aliphatic carbocycles. The molecule has 3 N–H and O–H groups in total. The Bertz CT molecular complexity index is 1370. The van der Waals surface area contributed by atoms with Crippen molar-refractivity contribution >= 4 is 23.5 Å². The molecular formula is C28H30N6O4. The van der Waals surface area contributed by atoms with E-state index in [2.05, 4.69) is 38.8 Å².